The first kappa shape index (κ1) is 16.7. The van der Waals surface area contributed by atoms with Gasteiger partial charge in [0.15, 0.2) is 0 Å². The van der Waals surface area contributed by atoms with Crippen molar-refractivity contribution in [1.29, 1.82) is 0 Å². The van der Waals surface area contributed by atoms with Gasteiger partial charge in [-0.1, -0.05) is 11.6 Å². The van der Waals surface area contributed by atoms with E-state index in [0.29, 0.717) is 11.9 Å². The van der Waals surface area contributed by atoms with Crippen molar-refractivity contribution in [1.82, 2.24) is 15.2 Å². The highest BCUT2D eigenvalue weighted by Crippen LogP contribution is 2.10. The van der Waals surface area contributed by atoms with Crippen LogP contribution in [0.15, 0.2) is 29.2 Å². The Bertz CT molecular complexity index is 779. The highest BCUT2D eigenvalue weighted by Gasteiger charge is 2.13. The summed E-state index contributed by atoms with van der Waals surface area (Å²) in [6.07, 6.45) is 2.35. The van der Waals surface area contributed by atoms with Crippen molar-refractivity contribution < 1.29 is 9.53 Å². The van der Waals surface area contributed by atoms with E-state index < -0.39 is 0 Å². The summed E-state index contributed by atoms with van der Waals surface area (Å²) in [4.78, 5) is 30.1. The normalized spacial score (nSPS) is 15.5. The number of H-pyrrole nitrogens is 1. The molecule has 0 unspecified atom stereocenters. The number of nitrogens with zero attached hydrogens (tertiary/aromatic N) is 1. The number of aromatic nitrogens is 1. The van der Waals surface area contributed by atoms with Gasteiger partial charge in [0.1, 0.15) is 5.56 Å². The van der Waals surface area contributed by atoms with Crippen molar-refractivity contribution in [2.75, 3.05) is 39.4 Å². The molecule has 1 fully saturated rings. The number of carbonyl (C=O) groups excluding carboxylic acids is 1. The third-order valence-electron chi connectivity index (χ3n) is 4.32. The maximum Gasteiger partial charge on any atom is 0.256 e. The summed E-state index contributed by atoms with van der Waals surface area (Å²) < 4.78 is 5.31. The molecule has 1 aliphatic rings. The number of aryl methyl sites for hydroxylation is 1. The minimum atomic E-state index is -0.318. The molecule has 6 nitrogen and oxygen atoms in total. The molecule has 1 saturated heterocycles. The molecule has 3 rings (SSSR count). The zero-order valence-corrected chi connectivity index (χ0v) is 13.9. The second-order valence-corrected chi connectivity index (χ2v) is 6.14. The van der Waals surface area contributed by atoms with Crippen LogP contribution in [0.1, 0.15) is 22.3 Å². The Hall–Kier alpha value is -2.18. The zero-order valence-electron chi connectivity index (χ0n) is 13.9. The van der Waals surface area contributed by atoms with E-state index in [-0.39, 0.29) is 16.9 Å². The molecule has 2 heterocycles. The Morgan fingerprint density at radius 3 is 2.92 bits per heavy atom. The van der Waals surface area contributed by atoms with Gasteiger partial charge in [-0.2, -0.15) is 0 Å². The van der Waals surface area contributed by atoms with Crippen LogP contribution in [-0.4, -0.2) is 55.2 Å². The van der Waals surface area contributed by atoms with E-state index in [9.17, 15) is 9.59 Å². The Balaban J connectivity index is 1.59. The Morgan fingerprint density at radius 2 is 2.12 bits per heavy atom. The molecule has 0 radical (unpaired) electrons. The Morgan fingerprint density at radius 1 is 1.33 bits per heavy atom. The van der Waals surface area contributed by atoms with Gasteiger partial charge in [-0.15, -0.1) is 0 Å². The molecule has 0 atom stereocenters. The maximum atomic E-state index is 12.5. The average molecular weight is 329 g/mol. The van der Waals surface area contributed by atoms with Gasteiger partial charge in [-0.3, -0.25) is 14.5 Å². The van der Waals surface area contributed by atoms with Gasteiger partial charge in [0.05, 0.1) is 13.2 Å². The summed E-state index contributed by atoms with van der Waals surface area (Å²) in [6.45, 7) is 6.85. The Kier molecular flexibility index (Phi) is 5.27. The molecular weight excluding hydrogens is 306 g/mol. The molecule has 1 aromatic carbocycles. The van der Waals surface area contributed by atoms with Crippen molar-refractivity contribution in [3.63, 3.8) is 0 Å². The number of carbonyl (C=O) groups is 1. The number of nitrogens with one attached hydrogen (secondary N) is 2. The number of ether oxygens (including phenoxy) is 1. The number of amides is 1. The summed E-state index contributed by atoms with van der Waals surface area (Å²) in [7, 11) is 0. The van der Waals surface area contributed by atoms with E-state index in [2.05, 4.69) is 15.2 Å². The van der Waals surface area contributed by atoms with E-state index in [0.717, 1.165) is 50.3 Å². The van der Waals surface area contributed by atoms with Gasteiger partial charge < -0.3 is 15.0 Å². The highest BCUT2D eigenvalue weighted by molar-refractivity contribution is 5.97. The lowest BCUT2D eigenvalue weighted by atomic mass is 10.1. The summed E-state index contributed by atoms with van der Waals surface area (Å²) in [6, 6.07) is 5.60. The monoisotopic (exact) mass is 329 g/mol. The third-order valence-corrected chi connectivity index (χ3v) is 4.32. The predicted octanol–water partition coefficient (Wildman–Crippen LogP) is 1.29. The van der Waals surface area contributed by atoms with E-state index in [1.165, 1.54) is 6.20 Å². The summed E-state index contributed by atoms with van der Waals surface area (Å²) in [5.41, 5.74) is 1.68. The largest absolute Gasteiger partial charge is 0.379 e. The fourth-order valence-corrected chi connectivity index (χ4v) is 2.93. The first-order chi connectivity index (χ1) is 11.6. The highest BCUT2D eigenvalue weighted by atomic mass is 16.5. The van der Waals surface area contributed by atoms with Crippen LogP contribution in [0.5, 0.6) is 0 Å². The standard InChI is InChI=1S/C18H23N3O3/c1-13-3-4-16-14(11-13)17(22)15(12-20-16)18(23)19-5-2-6-21-7-9-24-10-8-21/h3-4,11-12H,2,5-10H2,1H3,(H,19,23)(H,20,22). The molecule has 0 aliphatic carbocycles. The van der Waals surface area contributed by atoms with Gasteiger partial charge in [0.25, 0.3) is 5.91 Å². The first-order valence-electron chi connectivity index (χ1n) is 8.35. The van der Waals surface area contributed by atoms with Crippen molar-refractivity contribution in [2.45, 2.75) is 13.3 Å². The lowest BCUT2D eigenvalue weighted by Crippen LogP contribution is -2.38. The quantitative estimate of drug-likeness (QED) is 0.811. The lowest BCUT2D eigenvalue weighted by Gasteiger charge is -2.26. The molecule has 128 valence electrons. The van der Waals surface area contributed by atoms with Crippen LogP contribution in [0.2, 0.25) is 0 Å². The smallest absolute Gasteiger partial charge is 0.256 e. The average Bonchev–Trinajstić information content (AvgIpc) is 2.60. The molecule has 6 heteroatoms. The molecule has 1 aliphatic heterocycles. The molecular formula is C18H23N3O3. The molecule has 1 amide bonds. The molecule has 0 bridgehead atoms. The van der Waals surface area contributed by atoms with Crippen LogP contribution >= 0.6 is 0 Å². The second kappa shape index (κ2) is 7.59. The molecule has 0 saturated carbocycles. The van der Waals surface area contributed by atoms with Crippen LogP contribution in [0.3, 0.4) is 0 Å². The van der Waals surface area contributed by atoms with Crippen LogP contribution in [0, 0.1) is 6.92 Å². The number of hydrogen-bond donors (Lipinski definition) is 2. The van der Waals surface area contributed by atoms with E-state index in [1.807, 2.05) is 25.1 Å². The van der Waals surface area contributed by atoms with Gasteiger partial charge in [-0.25, -0.2) is 0 Å². The van der Waals surface area contributed by atoms with Crippen molar-refractivity contribution in [3.05, 3.63) is 45.7 Å². The summed E-state index contributed by atoms with van der Waals surface area (Å²) in [5, 5.41) is 3.39. The number of hydrogen-bond acceptors (Lipinski definition) is 4. The maximum absolute atomic E-state index is 12.5. The fraction of sp³-hybridized carbons (Fsp3) is 0.444. The van der Waals surface area contributed by atoms with E-state index in [4.69, 9.17) is 4.74 Å². The lowest BCUT2D eigenvalue weighted by molar-refractivity contribution is 0.0374. The second-order valence-electron chi connectivity index (χ2n) is 6.14. The van der Waals surface area contributed by atoms with E-state index >= 15 is 0 Å². The minimum Gasteiger partial charge on any atom is -0.379 e. The number of pyridine rings is 1. The topological polar surface area (TPSA) is 74.4 Å². The molecule has 0 spiro atoms. The third kappa shape index (κ3) is 3.83. The summed E-state index contributed by atoms with van der Waals surface area (Å²) >= 11 is 0. The van der Waals surface area contributed by atoms with Crippen LogP contribution in [-0.2, 0) is 4.74 Å². The number of morpholine rings is 1. The van der Waals surface area contributed by atoms with Crippen molar-refractivity contribution in [3.8, 4) is 0 Å². The van der Waals surface area contributed by atoms with Crippen LogP contribution in [0.4, 0.5) is 0 Å². The number of fused-ring (bicyclic) bond motifs is 1. The number of rotatable bonds is 5. The molecule has 24 heavy (non-hydrogen) atoms. The zero-order chi connectivity index (χ0) is 16.9. The van der Waals surface area contributed by atoms with Gasteiger partial charge in [-0.05, 0) is 32.0 Å². The SMILES string of the molecule is Cc1ccc2[nH]cc(C(=O)NCCCN3CCOCC3)c(=O)c2c1. The van der Waals surface area contributed by atoms with Crippen LogP contribution < -0.4 is 10.7 Å². The number of aromatic amines is 1. The Labute approximate surface area is 140 Å². The van der Waals surface area contributed by atoms with Crippen LogP contribution in [0.25, 0.3) is 10.9 Å². The minimum absolute atomic E-state index is 0.166. The first-order valence-corrected chi connectivity index (χ1v) is 8.35. The van der Waals surface area contributed by atoms with E-state index in [1.54, 1.807) is 0 Å². The van der Waals surface area contributed by atoms with Gasteiger partial charge in [0, 0.05) is 36.7 Å². The molecule has 1 aromatic heterocycles. The molecule has 2 N–H and O–H groups in total. The summed E-state index contributed by atoms with van der Waals surface area (Å²) in [5.74, 6) is -0.318. The predicted molar refractivity (Wildman–Crippen MR) is 93.5 cm³/mol. The fourth-order valence-electron chi connectivity index (χ4n) is 2.93. The van der Waals surface area contributed by atoms with Crippen molar-refractivity contribution >= 4 is 16.8 Å². The van der Waals surface area contributed by atoms with Gasteiger partial charge in [0.2, 0.25) is 5.43 Å². The molecule has 2 aromatic rings. The van der Waals surface area contributed by atoms with Gasteiger partial charge >= 0.3 is 0 Å². The van der Waals surface area contributed by atoms with Crippen molar-refractivity contribution in [2.24, 2.45) is 0 Å². The number of benzene rings is 1.